The number of rotatable bonds is 4. The minimum absolute atomic E-state index is 0.131. The van der Waals surface area contributed by atoms with Gasteiger partial charge in [-0.05, 0) is 46.5 Å². The van der Waals surface area contributed by atoms with Gasteiger partial charge in [0.05, 0.1) is 10.2 Å². The maximum Gasteiger partial charge on any atom is 0.274 e. The molecule has 1 aliphatic rings. The molecule has 0 aliphatic carbocycles. The number of carbonyl (C=O) groups is 1. The van der Waals surface area contributed by atoms with Crippen LogP contribution in [0.15, 0.2) is 28.7 Å². The number of carbonyl (C=O) groups excluding carboxylic acids is 1. The molecule has 0 saturated carbocycles. The molecular formula is C17H18BrF2N3O4S. The Morgan fingerprint density at radius 3 is 2.54 bits per heavy atom. The number of benzene rings is 1. The van der Waals surface area contributed by atoms with Crippen LogP contribution in [0.3, 0.4) is 0 Å². The number of nitrogens with zero attached hydrogens (tertiary/aromatic N) is 2. The van der Waals surface area contributed by atoms with Crippen LogP contribution < -0.4 is 9.62 Å². The first-order valence-electron chi connectivity index (χ1n) is 8.33. The predicted molar refractivity (Wildman–Crippen MR) is 105 cm³/mol. The first-order chi connectivity index (χ1) is 13.2. The van der Waals surface area contributed by atoms with Crippen molar-refractivity contribution in [3.8, 4) is 5.75 Å². The highest BCUT2D eigenvalue weighted by atomic mass is 79.9. The summed E-state index contributed by atoms with van der Waals surface area (Å²) in [5.74, 6) is -2.43. The van der Waals surface area contributed by atoms with Crippen molar-refractivity contribution in [1.82, 2.24) is 10.3 Å². The third-order valence-corrected chi connectivity index (χ3v) is 6.68. The molecule has 7 nitrogen and oxygen atoms in total. The summed E-state index contributed by atoms with van der Waals surface area (Å²) in [7, 11) is -3.06. The van der Waals surface area contributed by atoms with E-state index >= 15 is 0 Å². The molecule has 4 N–H and O–H groups in total. The van der Waals surface area contributed by atoms with Crippen LogP contribution in [-0.2, 0) is 6.54 Å². The van der Waals surface area contributed by atoms with Crippen molar-refractivity contribution in [1.29, 1.82) is 0 Å². The monoisotopic (exact) mass is 477 g/mol. The number of halogens is 3. The number of amides is 1. The minimum atomic E-state index is -3.06. The number of hydrogen-bond acceptors (Lipinski definition) is 6. The molecule has 2 heterocycles. The molecule has 0 unspecified atom stereocenters. The predicted octanol–water partition coefficient (Wildman–Crippen LogP) is 4.02. The van der Waals surface area contributed by atoms with Crippen molar-refractivity contribution in [2.75, 3.05) is 16.6 Å². The van der Waals surface area contributed by atoms with Crippen LogP contribution in [-0.4, -0.2) is 37.4 Å². The lowest BCUT2D eigenvalue weighted by Crippen LogP contribution is -2.35. The molecule has 3 rings (SSSR count). The van der Waals surface area contributed by atoms with Crippen LogP contribution in [0, 0.1) is 11.6 Å². The Kier molecular flexibility index (Phi) is 6.08. The molecule has 28 heavy (non-hydrogen) atoms. The Balaban J connectivity index is 1.84. The Hall–Kier alpha value is -1.95. The molecule has 152 valence electrons. The fraction of sp³-hybridized carbons (Fsp3) is 0.294. The van der Waals surface area contributed by atoms with Gasteiger partial charge in [0.25, 0.3) is 5.91 Å². The van der Waals surface area contributed by atoms with Gasteiger partial charge in [0.15, 0.2) is 11.4 Å². The molecule has 2 aromatic rings. The lowest BCUT2D eigenvalue weighted by Gasteiger charge is -2.46. The SMILES string of the molecule is O=C(NCc1cc(F)cc(F)c1)c1nc(N2CCCCS2(O)O)cc(Br)c1O. The summed E-state index contributed by atoms with van der Waals surface area (Å²) < 4.78 is 48.5. The highest BCUT2D eigenvalue weighted by Crippen LogP contribution is 2.49. The first-order valence-corrected chi connectivity index (χ1v) is 10.8. The van der Waals surface area contributed by atoms with Gasteiger partial charge >= 0.3 is 0 Å². The Bertz CT molecular complexity index is 896. The highest BCUT2D eigenvalue weighted by molar-refractivity contribution is 9.10. The fourth-order valence-corrected chi connectivity index (χ4v) is 4.85. The number of nitrogens with one attached hydrogen (secondary N) is 1. The van der Waals surface area contributed by atoms with Crippen LogP contribution in [0.1, 0.15) is 28.9 Å². The average molecular weight is 478 g/mol. The van der Waals surface area contributed by atoms with E-state index in [1.165, 1.54) is 10.4 Å². The summed E-state index contributed by atoms with van der Waals surface area (Å²) in [6.07, 6.45) is 1.39. The van der Waals surface area contributed by atoms with Crippen LogP contribution in [0.4, 0.5) is 14.6 Å². The zero-order chi connectivity index (χ0) is 20.5. The maximum absolute atomic E-state index is 13.3. The topological polar surface area (TPSA) is 106 Å². The zero-order valence-electron chi connectivity index (χ0n) is 14.5. The molecule has 0 spiro atoms. The number of hydrogen-bond donors (Lipinski definition) is 4. The quantitative estimate of drug-likeness (QED) is 0.529. The number of aromatic hydroxyl groups is 1. The summed E-state index contributed by atoms with van der Waals surface area (Å²) in [4.78, 5) is 16.6. The third-order valence-electron chi connectivity index (χ3n) is 4.16. The second kappa shape index (κ2) is 8.19. The highest BCUT2D eigenvalue weighted by Gasteiger charge is 2.29. The van der Waals surface area contributed by atoms with Gasteiger partial charge < -0.3 is 10.4 Å². The van der Waals surface area contributed by atoms with E-state index < -0.39 is 34.1 Å². The van der Waals surface area contributed by atoms with E-state index in [4.69, 9.17) is 0 Å². The Morgan fingerprint density at radius 1 is 1.21 bits per heavy atom. The number of aromatic nitrogens is 1. The van der Waals surface area contributed by atoms with Crippen LogP contribution in [0.5, 0.6) is 5.75 Å². The van der Waals surface area contributed by atoms with Crippen molar-refractivity contribution in [2.45, 2.75) is 19.4 Å². The molecule has 0 bridgehead atoms. The van der Waals surface area contributed by atoms with E-state index in [9.17, 15) is 27.8 Å². The van der Waals surface area contributed by atoms with E-state index in [-0.39, 0.29) is 33.8 Å². The second-order valence-corrected chi connectivity index (χ2v) is 9.23. The molecule has 1 saturated heterocycles. The normalized spacial score (nSPS) is 17.2. The average Bonchev–Trinajstić information content (AvgIpc) is 2.61. The van der Waals surface area contributed by atoms with Crippen molar-refractivity contribution in [2.24, 2.45) is 0 Å². The van der Waals surface area contributed by atoms with Crippen LogP contribution in [0.2, 0.25) is 0 Å². The van der Waals surface area contributed by atoms with Gasteiger partial charge in [0.2, 0.25) is 0 Å². The van der Waals surface area contributed by atoms with Crippen LogP contribution in [0.25, 0.3) is 0 Å². The lowest BCUT2D eigenvalue weighted by atomic mass is 10.2. The summed E-state index contributed by atoms with van der Waals surface area (Å²) in [6.45, 7) is 0.158. The van der Waals surface area contributed by atoms with Gasteiger partial charge in [-0.1, -0.05) is 0 Å². The van der Waals surface area contributed by atoms with E-state index in [1.807, 2.05) is 0 Å². The van der Waals surface area contributed by atoms with E-state index in [1.54, 1.807) is 0 Å². The lowest BCUT2D eigenvalue weighted by molar-refractivity contribution is 0.0942. The molecule has 1 aromatic carbocycles. The fourth-order valence-electron chi connectivity index (χ4n) is 2.83. The second-order valence-electron chi connectivity index (χ2n) is 6.27. The molecule has 1 fully saturated rings. The van der Waals surface area contributed by atoms with E-state index in [0.717, 1.165) is 24.6 Å². The zero-order valence-corrected chi connectivity index (χ0v) is 16.9. The van der Waals surface area contributed by atoms with Gasteiger partial charge in [0.1, 0.15) is 17.5 Å². The van der Waals surface area contributed by atoms with Gasteiger partial charge in [-0.2, -0.15) is 0 Å². The summed E-state index contributed by atoms with van der Waals surface area (Å²) >= 11 is 3.13. The van der Waals surface area contributed by atoms with E-state index in [2.05, 4.69) is 26.2 Å². The molecule has 0 atom stereocenters. The van der Waals surface area contributed by atoms with Crippen molar-refractivity contribution < 1.29 is 27.8 Å². The number of anilines is 1. The smallest absolute Gasteiger partial charge is 0.274 e. The number of pyridine rings is 1. The standard InChI is InChI=1S/C17H18BrF2N3O4S/c18-13-8-14(23-3-1-2-4-28(23,26)27)22-15(16(13)24)17(25)21-9-10-5-11(19)7-12(20)6-10/h5-8,24,26-27H,1-4,9H2,(H,21,25). The summed E-state index contributed by atoms with van der Waals surface area (Å²) in [5, 5.41) is 12.6. The Morgan fingerprint density at radius 2 is 1.89 bits per heavy atom. The van der Waals surface area contributed by atoms with Gasteiger partial charge in [-0.15, -0.1) is 10.8 Å². The van der Waals surface area contributed by atoms with Gasteiger partial charge in [-0.25, -0.2) is 13.8 Å². The van der Waals surface area contributed by atoms with Crippen LogP contribution >= 0.6 is 26.7 Å². The third kappa shape index (κ3) is 4.54. The Labute approximate surface area is 170 Å². The molecule has 11 heteroatoms. The largest absolute Gasteiger partial charge is 0.504 e. The minimum Gasteiger partial charge on any atom is -0.504 e. The van der Waals surface area contributed by atoms with Crippen molar-refractivity contribution in [3.05, 3.63) is 51.6 Å². The summed E-state index contributed by atoms with van der Waals surface area (Å²) in [5.41, 5.74) is -0.146. The van der Waals surface area contributed by atoms with Crippen molar-refractivity contribution >= 4 is 38.4 Å². The molecular weight excluding hydrogens is 460 g/mol. The molecule has 1 amide bonds. The van der Waals surface area contributed by atoms with Crippen molar-refractivity contribution in [3.63, 3.8) is 0 Å². The summed E-state index contributed by atoms with van der Waals surface area (Å²) in [6, 6.07) is 4.27. The maximum atomic E-state index is 13.3. The first kappa shape index (κ1) is 20.8. The van der Waals surface area contributed by atoms with Gasteiger partial charge in [0, 0.05) is 25.2 Å². The molecule has 1 aromatic heterocycles. The van der Waals surface area contributed by atoms with E-state index in [0.29, 0.717) is 13.0 Å². The van der Waals surface area contributed by atoms with Gasteiger partial charge in [-0.3, -0.25) is 18.2 Å². The molecule has 0 radical (unpaired) electrons. The molecule has 1 aliphatic heterocycles.